The molecule has 0 N–H and O–H groups in total. The normalized spacial score (nSPS) is 16.0. The zero-order chi connectivity index (χ0) is 17.9. The summed E-state index contributed by atoms with van der Waals surface area (Å²) in [7, 11) is 0. The second kappa shape index (κ2) is 7.26. The Morgan fingerprint density at radius 1 is 1.24 bits per heavy atom. The van der Waals surface area contributed by atoms with E-state index in [9.17, 15) is 4.79 Å². The maximum absolute atomic E-state index is 12.7. The lowest BCUT2D eigenvalue weighted by molar-refractivity contribution is -0.0373. The van der Waals surface area contributed by atoms with Crippen LogP contribution in [0.3, 0.4) is 0 Å². The SMILES string of the molecule is CC1(C)COCCN1C(=O)c1ccc(C#Cc2cccc(Cl)c2)cn1. The van der Waals surface area contributed by atoms with Crippen LogP contribution in [0.2, 0.25) is 5.02 Å². The van der Waals surface area contributed by atoms with Crippen molar-refractivity contribution in [2.24, 2.45) is 0 Å². The number of carbonyl (C=O) groups is 1. The quantitative estimate of drug-likeness (QED) is 0.737. The van der Waals surface area contributed by atoms with Gasteiger partial charge < -0.3 is 9.64 Å². The molecule has 128 valence electrons. The summed E-state index contributed by atoms with van der Waals surface area (Å²) in [6.07, 6.45) is 1.62. The molecule has 0 atom stereocenters. The minimum atomic E-state index is -0.331. The number of ether oxygens (including phenoxy) is 1. The molecule has 1 fully saturated rings. The topological polar surface area (TPSA) is 42.4 Å². The summed E-state index contributed by atoms with van der Waals surface area (Å²) in [4.78, 5) is 18.8. The molecule has 1 aliphatic heterocycles. The molecule has 2 heterocycles. The van der Waals surface area contributed by atoms with E-state index in [1.165, 1.54) is 0 Å². The maximum atomic E-state index is 12.7. The summed E-state index contributed by atoms with van der Waals surface area (Å²) in [6, 6.07) is 10.9. The number of hydrogen-bond acceptors (Lipinski definition) is 3. The second-order valence-corrected chi connectivity index (χ2v) is 6.95. The van der Waals surface area contributed by atoms with Gasteiger partial charge in [0.2, 0.25) is 0 Å². The molecule has 1 saturated heterocycles. The molecule has 5 heteroatoms. The first-order chi connectivity index (χ1) is 12.0. The molecule has 0 spiro atoms. The lowest BCUT2D eigenvalue weighted by atomic mass is 10.0. The molecule has 0 aliphatic carbocycles. The number of rotatable bonds is 1. The Bertz CT molecular complexity index is 835. The summed E-state index contributed by atoms with van der Waals surface area (Å²) < 4.78 is 5.46. The zero-order valence-electron chi connectivity index (χ0n) is 14.3. The Balaban J connectivity index is 1.75. The molecule has 25 heavy (non-hydrogen) atoms. The van der Waals surface area contributed by atoms with Crippen molar-refractivity contribution in [2.45, 2.75) is 19.4 Å². The molecule has 1 aromatic heterocycles. The molecule has 0 radical (unpaired) electrons. The fraction of sp³-hybridized carbons (Fsp3) is 0.300. The smallest absolute Gasteiger partial charge is 0.273 e. The van der Waals surface area contributed by atoms with Gasteiger partial charge in [-0.3, -0.25) is 4.79 Å². The highest BCUT2D eigenvalue weighted by Gasteiger charge is 2.34. The average Bonchev–Trinajstić information content (AvgIpc) is 2.60. The number of morpholine rings is 1. The van der Waals surface area contributed by atoms with E-state index in [1.807, 2.05) is 43.0 Å². The third-order valence-corrected chi connectivity index (χ3v) is 4.28. The van der Waals surface area contributed by atoms with Crippen LogP contribution in [0.4, 0.5) is 0 Å². The van der Waals surface area contributed by atoms with Crippen LogP contribution in [0.15, 0.2) is 42.6 Å². The number of halogens is 1. The zero-order valence-corrected chi connectivity index (χ0v) is 15.0. The predicted molar refractivity (Wildman–Crippen MR) is 97.6 cm³/mol. The number of hydrogen-bond donors (Lipinski definition) is 0. The van der Waals surface area contributed by atoms with Gasteiger partial charge in [0, 0.05) is 28.9 Å². The van der Waals surface area contributed by atoms with Crippen molar-refractivity contribution < 1.29 is 9.53 Å². The Morgan fingerprint density at radius 2 is 2.04 bits per heavy atom. The van der Waals surface area contributed by atoms with Crippen LogP contribution in [-0.4, -0.2) is 41.1 Å². The Morgan fingerprint density at radius 3 is 2.72 bits per heavy atom. The van der Waals surface area contributed by atoms with Crippen molar-refractivity contribution in [1.82, 2.24) is 9.88 Å². The Kier molecular flexibility index (Phi) is 5.08. The van der Waals surface area contributed by atoms with Crippen molar-refractivity contribution >= 4 is 17.5 Å². The van der Waals surface area contributed by atoms with Crippen LogP contribution in [-0.2, 0) is 4.74 Å². The molecule has 3 rings (SSSR count). The minimum absolute atomic E-state index is 0.0809. The van der Waals surface area contributed by atoms with Gasteiger partial charge in [0.15, 0.2) is 0 Å². The summed E-state index contributed by atoms with van der Waals surface area (Å²) in [5, 5.41) is 0.652. The lowest BCUT2D eigenvalue weighted by Crippen LogP contribution is -2.55. The first-order valence-corrected chi connectivity index (χ1v) is 8.47. The molecule has 1 amide bonds. The van der Waals surface area contributed by atoms with Gasteiger partial charge in [-0.1, -0.05) is 29.5 Å². The van der Waals surface area contributed by atoms with Crippen LogP contribution < -0.4 is 0 Å². The van der Waals surface area contributed by atoms with E-state index in [2.05, 4.69) is 16.8 Å². The number of aromatic nitrogens is 1. The van der Waals surface area contributed by atoms with Gasteiger partial charge in [-0.05, 0) is 44.2 Å². The van der Waals surface area contributed by atoms with Gasteiger partial charge in [-0.15, -0.1) is 0 Å². The van der Waals surface area contributed by atoms with Gasteiger partial charge in [0.05, 0.1) is 18.8 Å². The third-order valence-electron chi connectivity index (χ3n) is 4.05. The first-order valence-electron chi connectivity index (χ1n) is 8.09. The molecule has 1 aromatic carbocycles. The van der Waals surface area contributed by atoms with Crippen LogP contribution in [0.25, 0.3) is 0 Å². The average molecular weight is 355 g/mol. The predicted octanol–water partition coefficient (Wildman–Crippen LogP) is 3.39. The number of carbonyl (C=O) groups excluding carboxylic acids is 1. The van der Waals surface area contributed by atoms with E-state index in [1.54, 1.807) is 18.3 Å². The van der Waals surface area contributed by atoms with Crippen LogP contribution in [0, 0.1) is 11.8 Å². The number of nitrogens with zero attached hydrogens (tertiary/aromatic N) is 2. The molecule has 0 unspecified atom stereocenters. The van der Waals surface area contributed by atoms with Crippen molar-refractivity contribution in [3.8, 4) is 11.8 Å². The van der Waals surface area contributed by atoms with Gasteiger partial charge >= 0.3 is 0 Å². The molecular formula is C20H19ClN2O2. The van der Waals surface area contributed by atoms with Crippen LogP contribution >= 0.6 is 11.6 Å². The fourth-order valence-electron chi connectivity index (χ4n) is 2.68. The van der Waals surface area contributed by atoms with Gasteiger partial charge in [-0.25, -0.2) is 4.98 Å². The standard InChI is InChI=1S/C20H19ClN2O2/c1-20(2)14-25-11-10-23(20)19(24)18-9-8-16(13-22-18)7-6-15-4-3-5-17(21)12-15/h3-5,8-9,12-13H,10-11,14H2,1-2H3. The number of benzene rings is 1. The number of amides is 1. The molecular weight excluding hydrogens is 336 g/mol. The van der Waals surface area contributed by atoms with Crippen molar-refractivity contribution in [1.29, 1.82) is 0 Å². The maximum Gasteiger partial charge on any atom is 0.273 e. The Labute approximate surface area is 152 Å². The highest BCUT2D eigenvalue weighted by molar-refractivity contribution is 6.30. The number of pyridine rings is 1. The van der Waals surface area contributed by atoms with E-state index >= 15 is 0 Å². The van der Waals surface area contributed by atoms with Crippen molar-refractivity contribution in [3.63, 3.8) is 0 Å². The second-order valence-electron chi connectivity index (χ2n) is 6.51. The summed E-state index contributed by atoms with van der Waals surface area (Å²) in [5.41, 5.74) is 1.67. The van der Waals surface area contributed by atoms with E-state index in [-0.39, 0.29) is 11.4 Å². The fourth-order valence-corrected chi connectivity index (χ4v) is 2.87. The van der Waals surface area contributed by atoms with Gasteiger partial charge in [0.1, 0.15) is 5.69 Å². The molecule has 0 saturated carbocycles. The third kappa shape index (κ3) is 4.19. The highest BCUT2D eigenvalue weighted by Crippen LogP contribution is 2.21. The van der Waals surface area contributed by atoms with E-state index in [4.69, 9.17) is 16.3 Å². The molecule has 1 aliphatic rings. The molecule has 2 aromatic rings. The van der Waals surface area contributed by atoms with Crippen molar-refractivity contribution in [3.05, 3.63) is 64.4 Å². The van der Waals surface area contributed by atoms with Gasteiger partial charge in [0.25, 0.3) is 5.91 Å². The van der Waals surface area contributed by atoms with E-state index in [0.29, 0.717) is 30.5 Å². The monoisotopic (exact) mass is 354 g/mol. The van der Waals surface area contributed by atoms with E-state index < -0.39 is 0 Å². The lowest BCUT2D eigenvalue weighted by Gasteiger charge is -2.41. The molecule has 4 nitrogen and oxygen atoms in total. The molecule has 0 bridgehead atoms. The van der Waals surface area contributed by atoms with Crippen LogP contribution in [0.5, 0.6) is 0 Å². The van der Waals surface area contributed by atoms with E-state index in [0.717, 1.165) is 11.1 Å². The van der Waals surface area contributed by atoms with Crippen molar-refractivity contribution in [2.75, 3.05) is 19.8 Å². The van der Waals surface area contributed by atoms with Gasteiger partial charge in [-0.2, -0.15) is 0 Å². The summed E-state index contributed by atoms with van der Waals surface area (Å²) in [5.74, 6) is 5.99. The van der Waals surface area contributed by atoms with Crippen LogP contribution in [0.1, 0.15) is 35.5 Å². The first kappa shape index (κ1) is 17.5. The minimum Gasteiger partial charge on any atom is -0.377 e. The largest absolute Gasteiger partial charge is 0.377 e. The Hall–Kier alpha value is -2.35. The summed E-state index contributed by atoms with van der Waals surface area (Å²) in [6.45, 7) is 5.65. The summed E-state index contributed by atoms with van der Waals surface area (Å²) >= 11 is 5.95. The highest BCUT2D eigenvalue weighted by atomic mass is 35.5.